The van der Waals surface area contributed by atoms with Crippen LogP contribution in [0.3, 0.4) is 0 Å². The van der Waals surface area contributed by atoms with Gasteiger partial charge in [0.25, 0.3) is 5.91 Å². The molecule has 0 atom stereocenters. The molecule has 0 aliphatic rings. The Morgan fingerprint density at radius 2 is 1.92 bits per heavy atom. The molecule has 0 aliphatic heterocycles. The normalized spacial score (nSPS) is 10.5. The first kappa shape index (κ1) is 17.0. The molecule has 3 rings (SSSR count). The van der Waals surface area contributed by atoms with E-state index in [0.717, 1.165) is 9.86 Å². The van der Waals surface area contributed by atoms with Crippen molar-refractivity contribution >= 4 is 44.5 Å². The second-order valence-electron chi connectivity index (χ2n) is 5.11. The largest absolute Gasteiger partial charge is 0.482 e. The van der Waals surface area contributed by atoms with E-state index >= 15 is 0 Å². The minimum Gasteiger partial charge on any atom is -0.482 e. The average Bonchev–Trinajstić information content (AvgIpc) is 3.07. The lowest BCUT2D eigenvalue weighted by atomic mass is 10.2. The molecular weight excluding hydrogens is 390 g/mol. The fourth-order valence-corrected chi connectivity index (χ4v) is 2.63. The van der Waals surface area contributed by atoms with E-state index < -0.39 is 5.97 Å². The topological polar surface area (TPSA) is 77.8 Å². The zero-order chi connectivity index (χ0) is 17.8. The Kier molecular flexibility index (Phi) is 5.04. The fraction of sp³-hybridized carbons (Fsp3) is 0.111. The predicted molar refractivity (Wildman–Crippen MR) is 95.8 cm³/mol. The van der Waals surface area contributed by atoms with Crippen LogP contribution in [-0.4, -0.2) is 25.6 Å². The van der Waals surface area contributed by atoms with Crippen LogP contribution < -0.4 is 10.1 Å². The Hall–Kier alpha value is -2.80. The summed E-state index contributed by atoms with van der Waals surface area (Å²) in [5.74, 6) is -0.108. The fourth-order valence-electron chi connectivity index (χ4n) is 2.17. The monoisotopic (exact) mass is 403 g/mol. The number of methoxy groups -OCH3 is 1. The predicted octanol–water partition coefficient (Wildman–Crippen LogP) is 4.00. The first-order chi connectivity index (χ1) is 12.1. The van der Waals surface area contributed by atoms with Gasteiger partial charge >= 0.3 is 5.97 Å². The van der Waals surface area contributed by atoms with Gasteiger partial charge in [-0.2, -0.15) is 0 Å². The van der Waals surface area contributed by atoms with Crippen LogP contribution in [-0.2, 0) is 9.53 Å². The van der Waals surface area contributed by atoms with Gasteiger partial charge in [-0.3, -0.25) is 4.79 Å². The third kappa shape index (κ3) is 4.00. The molecule has 7 heteroatoms. The summed E-state index contributed by atoms with van der Waals surface area (Å²) in [6.45, 7) is -0.171. The van der Waals surface area contributed by atoms with Crippen LogP contribution in [0.2, 0.25) is 0 Å². The summed E-state index contributed by atoms with van der Waals surface area (Å²) in [6, 6.07) is 13.9. The summed E-state index contributed by atoms with van der Waals surface area (Å²) in [6.07, 6.45) is 0. The van der Waals surface area contributed by atoms with E-state index in [1.165, 1.54) is 7.11 Å². The maximum absolute atomic E-state index is 12.3. The standard InChI is InChI=1S/C18H14BrNO5/c1-23-16(21)10-24-13-7-5-12(6-8-13)20-18(22)15-9-11-3-2-4-14(19)17(11)25-15/h2-9H,10H2,1H3,(H,20,22). The van der Waals surface area contributed by atoms with Gasteiger partial charge in [0.2, 0.25) is 0 Å². The minimum absolute atomic E-state index is 0.171. The molecule has 1 heterocycles. The summed E-state index contributed by atoms with van der Waals surface area (Å²) in [7, 11) is 1.29. The SMILES string of the molecule is COC(=O)COc1ccc(NC(=O)c2cc3cccc(Br)c3o2)cc1. The van der Waals surface area contributed by atoms with Crippen LogP contribution >= 0.6 is 15.9 Å². The highest BCUT2D eigenvalue weighted by molar-refractivity contribution is 9.10. The van der Waals surface area contributed by atoms with Crippen molar-refractivity contribution in [3.8, 4) is 5.75 Å². The number of halogens is 1. The lowest BCUT2D eigenvalue weighted by Gasteiger charge is -2.06. The number of carbonyl (C=O) groups excluding carboxylic acids is 2. The van der Waals surface area contributed by atoms with E-state index in [1.54, 1.807) is 30.3 Å². The first-order valence-corrected chi connectivity index (χ1v) is 8.15. The van der Waals surface area contributed by atoms with Crippen LogP contribution in [0, 0.1) is 0 Å². The van der Waals surface area contributed by atoms with Crippen molar-refractivity contribution in [2.45, 2.75) is 0 Å². The number of furan rings is 1. The number of amides is 1. The van der Waals surface area contributed by atoms with Gasteiger partial charge in [0.15, 0.2) is 12.4 Å². The second-order valence-corrected chi connectivity index (χ2v) is 5.97. The lowest BCUT2D eigenvalue weighted by molar-refractivity contribution is -0.142. The van der Waals surface area contributed by atoms with Gasteiger partial charge in [0.05, 0.1) is 11.6 Å². The van der Waals surface area contributed by atoms with Crippen molar-refractivity contribution < 1.29 is 23.5 Å². The highest BCUT2D eigenvalue weighted by Gasteiger charge is 2.14. The summed E-state index contributed by atoms with van der Waals surface area (Å²) in [5, 5.41) is 3.59. The number of nitrogens with one attached hydrogen (secondary N) is 1. The van der Waals surface area contributed by atoms with E-state index in [9.17, 15) is 9.59 Å². The molecule has 0 bridgehead atoms. The Morgan fingerprint density at radius 3 is 2.60 bits per heavy atom. The van der Waals surface area contributed by atoms with Gasteiger partial charge in [-0.15, -0.1) is 0 Å². The molecule has 1 N–H and O–H groups in total. The molecule has 25 heavy (non-hydrogen) atoms. The van der Waals surface area contributed by atoms with Crippen molar-refractivity contribution in [3.63, 3.8) is 0 Å². The summed E-state index contributed by atoms with van der Waals surface area (Å²) in [4.78, 5) is 23.4. The third-order valence-corrected chi connectivity index (χ3v) is 4.04. The second kappa shape index (κ2) is 7.40. The number of esters is 1. The van der Waals surface area contributed by atoms with Crippen LogP contribution in [0.25, 0.3) is 11.0 Å². The molecular formula is C18H14BrNO5. The minimum atomic E-state index is -0.464. The molecule has 0 saturated carbocycles. The zero-order valence-electron chi connectivity index (χ0n) is 13.2. The zero-order valence-corrected chi connectivity index (χ0v) is 14.8. The smallest absolute Gasteiger partial charge is 0.343 e. The first-order valence-electron chi connectivity index (χ1n) is 7.36. The summed E-state index contributed by atoms with van der Waals surface area (Å²) < 4.78 is 16.1. The Balaban J connectivity index is 1.67. The Labute approximate surface area is 151 Å². The molecule has 6 nitrogen and oxygen atoms in total. The van der Waals surface area contributed by atoms with Gasteiger partial charge in [-0.1, -0.05) is 12.1 Å². The maximum atomic E-state index is 12.3. The Morgan fingerprint density at radius 1 is 1.16 bits per heavy atom. The van der Waals surface area contributed by atoms with E-state index in [4.69, 9.17) is 9.15 Å². The molecule has 0 fully saturated rings. The summed E-state index contributed by atoms with van der Waals surface area (Å²) >= 11 is 3.39. The maximum Gasteiger partial charge on any atom is 0.343 e. The van der Waals surface area contributed by atoms with E-state index in [0.29, 0.717) is 17.0 Å². The van der Waals surface area contributed by atoms with Crippen LogP contribution in [0.1, 0.15) is 10.6 Å². The van der Waals surface area contributed by atoms with Crippen LogP contribution in [0.15, 0.2) is 57.4 Å². The number of rotatable bonds is 5. The van der Waals surface area contributed by atoms with Crippen LogP contribution in [0.5, 0.6) is 5.75 Å². The molecule has 128 valence electrons. The number of anilines is 1. The molecule has 3 aromatic rings. The van der Waals surface area contributed by atoms with Crippen LogP contribution in [0.4, 0.5) is 5.69 Å². The van der Waals surface area contributed by atoms with Gasteiger partial charge in [-0.25, -0.2) is 4.79 Å². The van der Waals surface area contributed by atoms with E-state index in [2.05, 4.69) is 26.0 Å². The van der Waals surface area contributed by atoms with E-state index in [-0.39, 0.29) is 18.3 Å². The van der Waals surface area contributed by atoms with Gasteiger partial charge in [0, 0.05) is 11.1 Å². The molecule has 2 aromatic carbocycles. The number of benzene rings is 2. The molecule has 0 radical (unpaired) electrons. The average molecular weight is 404 g/mol. The number of hydrogen-bond acceptors (Lipinski definition) is 5. The molecule has 1 aromatic heterocycles. The molecule has 0 aliphatic carbocycles. The highest BCUT2D eigenvalue weighted by Crippen LogP contribution is 2.27. The number of carbonyl (C=O) groups is 2. The van der Waals surface area contributed by atoms with Crippen molar-refractivity contribution in [2.24, 2.45) is 0 Å². The third-order valence-electron chi connectivity index (χ3n) is 3.42. The summed E-state index contributed by atoms with van der Waals surface area (Å²) in [5.41, 5.74) is 1.20. The molecule has 0 unspecified atom stereocenters. The van der Waals surface area contributed by atoms with E-state index in [1.807, 2.05) is 18.2 Å². The number of fused-ring (bicyclic) bond motifs is 1. The van der Waals surface area contributed by atoms with Crippen molar-refractivity contribution in [1.82, 2.24) is 0 Å². The molecule has 0 spiro atoms. The molecule has 1 amide bonds. The quantitative estimate of drug-likeness (QED) is 0.651. The lowest BCUT2D eigenvalue weighted by Crippen LogP contribution is -2.13. The van der Waals surface area contributed by atoms with Crippen molar-refractivity contribution in [3.05, 3.63) is 58.8 Å². The van der Waals surface area contributed by atoms with Gasteiger partial charge in [-0.05, 0) is 52.3 Å². The van der Waals surface area contributed by atoms with Gasteiger partial charge < -0.3 is 19.2 Å². The number of hydrogen-bond donors (Lipinski definition) is 1. The van der Waals surface area contributed by atoms with Crippen molar-refractivity contribution in [1.29, 1.82) is 0 Å². The Bertz CT molecular complexity index is 917. The highest BCUT2D eigenvalue weighted by atomic mass is 79.9. The molecule has 0 saturated heterocycles. The van der Waals surface area contributed by atoms with Crippen molar-refractivity contribution in [2.75, 3.05) is 19.0 Å². The number of ether oxygens (including phenoxy) is 2. The number of para-hydroxylation sites is 1. The van der Waals surface area contributed by atoms with Gasteiger partial charge in [0.1, 0.15) is 11.3 Å².